The maximum Gasteiger partial charge on any atom is 0.325 e. The number of benzene rings is 3. The van der Waals surface area contributed by atoms with Crippen molar-refractivity contribution in [2.75, 3.05) is 31.0 Å². The molecule has 1 unspecified atom stereocenters. The Balaban J connectivity index is 1.57. The molecule has 170 valence electrons. The van der Waals surface area contributed by atoms with Crippen LogP contribution in [0.2, 0.25) is 0 Å². The van der Waals surface area contributed by atoms with E-state index < -0.39 is 5.97 Å². The Morgan fingerprint density at radius 2 is 1.76 bits per heavy atom. The highest BCUT2D eigenvalue weighted by Crippen LogP contribution is 2.42. The minimum Gasteiger partial charge on any atom is -0.497 e. The highest BCUT2D eigenvalue weighted by atomic mass is 32.2. The number of hydrogen-bond acceptors (Lipinski definition) is 6. The summed E-state index contributed by atoms with van der Waals surface area (Å²) in [4.78, 5) is 27.9. The highest BCUT2D eigenvalue weighted by Gasteiger charge is 2.35. The standard InChI is InChI=1S/C26H26N2O4S/c1-31-21-11-8-18(9-12-21)14-24-26(30)28(17-25(29)32-2)22-13-10-20(15-23(22)33-24)27-16-19-6-4-3-5-7-19/h3-13,15,24,27H,14,16-17H2,1-2H3. The average Bonchev–Trinajstić information content (AvgIpc) is 2.86. The molecule has 1 amide bonds. The number of thioether (sulfide) groups is 1. The quantitative estimate of drug-likeness (QED) is 0.496. The molecule has 4 rings (SSSR count). The summed E-state index contributed by atoms with van der Waals surface area (Å²) in [5.74, 6) is 0.225. The Morgan fingerprint density at radius 3 is 2.45 bits per heavy atom. The lowest BCUT2D eigenvalue weighted by atomic mass is 10.1. The number of rotatable bonds is 8. The number of carbonyl (C=O) groups excluding carboxylic acids is 2. The molecule has 7 heteroatoms. The minimum absolute atomic E-state index is 0.0984. The molecular formula is C26H26N2O4S. The first-order valence-electron chi connectivity index (χ1n) is 10.7. The normalized spacial score (nSPS) is 15.0. The van der Waals surface area contributed by atoms with Crippen LogP contribution in [0.1, 0.15) is 11.1 Å². The third-order valence-corrected chi connectivity index (χ3v) is 6.73. The van der Waals surface area contributed by atoms with E-state index in [0.29, 0.717) is 13.0 Å². The molecule has 3 aromatic carbocycles. The summed E-state index contributed by atoms with van der Waals surface area (Å²) in [6.45, 7) is 0.586. The molecule has 1 aliphatic rings. The molecule has 0 aromatic heterocycles. The van der Waals surface area contributed by atoms with Gasteiger partial charge in [0.25, 0.3) is 0 Å². The van der Waals surface area contributed by atoms with E-state index in [0.717, 1.165) is 27.6 Å². The molecular weight excluding hydrogens is 436 g/mol. The van der Waals surface area contributed by atoms with Crippen LogP contribution in [-0.2, 0) is 27.3 Å². The van der Waals surface area contributed by atoms with Crippen LogP contribution >= 0.6 is 11.8 Å². The third kappa shape index (κ3) is 5.49. The van der Waals surface area contributed by atoms with E-state index in [4.69, 9.17) is 9.47 Å². The second-order valence-electron chi connectivity index (χ2n) is 7.68. The van der Waals surface area contributed by atoms with Gasteiger partial charge in [0, 0.05) is 17.1 Å². The number of carbonyl (C=O) groups is 2. The van der Waals surface area contributed by atoms with E-state index in [9.17, 15) is 9.59 Å². The molecule has 1 aliphatic heterocycles. The largest absolute Gasteiger partial charge is 0.497 e. The summed E-state index contributed by atoms with van der Waals surface area (Å²) >= 11 is 1.53. The van der Waals surface area contributed by atoms with Crippen LogP contribution < -0.4 is 15.0 Å². The maximum atomic E-state index is 13.3. The van der Waals surface area contributed by atoms with Crippen molar-refractivity contribution in [3.63, 3.8) is 0 Å². The SMILES string of the molecule is COC(=O)CN1C(=O)C(Cc2ccc(OC)cc2)Sc2cc(NCc3ccccc3)ccc21. The number of ether oxygens (including phenoxy) is 2. The molecule has 1 atom stereocenters. The molecule has 3 aromatic rings. The van der Waals surface area contributed by atoms with Crippen molar-refractivity contribution in [3.05, 3.63) is 83.9 Å². The lowest BCUT2D eigenvalue weighted by Crippen LogP contribution is -2.44. The lowest BCUT2D eigenvalue weighted by molar-refractivity contribution is -0.140. The number of fused-ring (bicyclic) bond motifs is 1. The third-order valence-electron chi connectivity index (χ3n) is 5.50. The van der Waals surface area contributed by atoms with Crippen molar-refractivity contribution in [1.82, 2.24) is 0 Å². The zero-order valence-electron chi connectivity index (χ0n) is 18.6. The van der Waals surface area contributed by atoms with Crippen LogP contribution in [0.15, 0.2) is 77.7 Å². The van der Waals surface area contributed by atoms with Gasteiger partial charge in [0.1, 0.15) is 12.3 Å². The van der Waals surface area contributed by atoms with Crippen molar-refractivity contribution >= 4 is 35.0 Å². The number of anilines is 2. The Bertz CT molecular complexity index is 1120. The Morgan fingerprint density at radius 1 is 1.00 bits per heavy atom. The fourth-order valence-corrected chi connectivity index (χ4v) is 5.00. The number of esters is 1. The molecule has 0 saturated heterocycles. The molecule has 0 radical (unpaired) electrons. The van der Waals surface area contributed by atoms with Gasteiger partial charge in [-0.15, -0.1) is 11.8 Å². The summed E-state index contributed by atoms with van der Waals surface area (Å²) in [6.07, 6.45) is 0.548. The van der Waals surface area contributed by atoms with Crippen LogP contribution in [-0.4, -0.2) is 37.9 Å². The first-order chi connectivity index (χ1) is 16.1. The zero-order valence-corrected chi connectivity index (χ0v) is 19.4. The molecule has 0 fully saturated rings. The number of methoxy groups -OCH3 is 2. The van der Waals surface area contributed by atoms with Crippen LogP contribution in [0.25, 0.3) is 0 Å². The second kappa shape index (κ2) is 10.4. The van der Waals surface area contributed by atoms with E-state index in [2.05, 4.69) is 17.4 Å². The van der Waals surface area contributed by atoms with Gasteiger partial charge in [-0.1, -0.05) is 42.5 Å². The van der Waals surface area contributed by atoms with Crippen molar-refractivity contribution in [1.29, 1.82) is 0 Å². The fourth-order valence-electron chi connectivity index (χ4n) is 3.70. The summed E-state index contributed by atoms with van der Waals surface area (Å²) in [5, 5.41) is 3.10. The number of hydrogen-bond donors (Lipinski definition) is 1. The highest BCUT2D eigenvalue weighted by molar-refractivity contribution is 8.01. The topological polar surface area (TPSA) is 67.9 Å². The molecule has 0 spiro atoms. The van der Waals surface area contributed by atoms with Crippen LogP contribution in [0, 0.1) is 0 Å². The lowest BCUT2D eigenvalue weighted by Gasteiger charge is -2.33. The maximum absolute atomic E-state index is 13.3. The van der Waals surface area contributed by atoms with Crippen molar-refractivity contribution < 1.29 is 19.1 Å². The predicted octanol–water partition coefficient (Wildman–Crippen LogP) is 4.53. The summed E-state index contributed by atoms with van der Waals surface area (Å²) in [6, 6.07) is 23.7. The van der Waals surface area contributed by atoms with Gasteiger partial charge in [-0.2, -0.15) is 0 Å². The van der Waals surface area contributed by atoms with Crippen molar-refractivity contribution in [3.8, 4) is 5.75 Å². The second-order valence-corrected chi connectivity index (χ2v) is 8.93. The van der Waals surface area contributed by atoms with Crippen LogP contribution in [0.5, 0.6) is 5.75 Å². The molecule has 33 heavy (non-hydrogen) atoms. The summed E-state index contributed by atoms with van der Waals surface area (Å²) in [7, 11) is 2.96. The number of nitrogens with zero attached hydrogens (tertiary/aromatic N) is 1. The monoisotopic (exact) mass is 462 g/mol. The van der Waals surface area contributed by atoms with Gasteiger partial charge in [-0.05, 0) is 47.9 Å². The van der Waals surface area contributed by atoms with E-state index in [1.165, 1.54) is 29.3 Å². The number of amides is 1. The molecule has 0 saturated carbocycles. The van der Waals surface area contributed by atoms with Gasteiger partial charge in [0.15, 0.2) is 0 Å². The zero-order chi connectivity index (χ0) is 23.2. The Kier molecular flexibility index (Phi) is 7.19. The van der Waals surface area contributed by atoms with Gasteiger partial charge in [-0.3, -0.25) is 14.5 Å². The van der Waals surface area contributed by atoms with Gasteiger partial charge >= 0.3 is 5.97 Å². The van der Waals surface area contributed by atoms with E-state index in [1.54, 1.807) is 7.11 Å². The minimum atomic E-state index is -0.448. The first kappa shape index (κ1) is 22.7. The molecule has 6 nitrogen and oxygen atoms in total. The molecule has 0 bridgehead atoms. The summed E-state index contributed by atoms with van der Waals surface area (Å²) < 4.78 is 10.1. The fraction of sp³-hybridized carbons (Fsp3) is 0.231. The first-order valence-corrected chi connectivity index (χ1v) is 11.5. The molecule has 0 aliphatic carbocycles. The summed E-state index contributed by atoms with van der Waals surface area (Å²) in [5.41, 5.74) is 3.90. The van der Waals surface area contributed by atoms with Crippen LogP contribution in [0.3, 0.4) is 0 Å². The van der Waals surface area contributed by atoms with Crippen LogP contribution in [0.4, 0.5) is 11.4 Å². The van der Waals surface area contributed by atoms with E-state index in [1.807, 2.05) is 60.7 Å². The van der Waals surface area contributed by atoms with Gasteiger partial charge in [-0.25, -0.2) is 0 Å². The Hall–Kier alpha value is -3.45. The van der Waals surface area contributed by atoms with Crippen molar-refractivity contribution in [2.24, 2.45) is 0 Å². The predicted molar refractivity (Wildman–Crippen MR) is 131 cm³/mol. The van der Waals surface area contributed by atoms with E-state index in [-0.39, 0.29) is 17.7 Å². The van der Waals surface area contributed by atoms with Gasteiger partial charge in [0.05, 0.1) is 25.2 Å². The number of nitrogens with one attached hydrogen (secondary N) is 1. The molecule has 1 heterocycles. The molecule has 1 N–H and O–H groups in total. The smallest absolute Gasteiger partial charge is 0.325 e. The van der Waals surface area contributed by atoms with Crippen molar-refractivity contribution in [2.45, 2.75) is 23.1 Å². The van der Waals surface area contributed by atoms with Gasteiger partial charge < -0.3 is 14.8 Å². The van der Waals surface area contributed by atoms with Gasteiger partial charge in [0.2, 0.25) is 5.91 Å². The van der Waals surface area contributed by atoms with E-state index >= 15 is 0 Å². The average molecular weight is 463 g/mol. The Labute approximate surface area is 197 Å².